The SMILES string of the molecule is CCCCCCCCCCCCCCCCCCN(C)S(=O)(=O)c1cc([N+](=O)[O-])ccc1Cl. The molecule has 0 aliphatic heterocycles. The van der Waals surface area contributed by atoms with Crippen LogP contribution in [-0.2, 0) is 10.0 Å². The fraction of sp³-hybridized carbons (Fsp3) is 0.760. The topological polar surface area (TPSA) is 80.5 Å². The Morgan fingerprint density at radius 2 is 1.24 bits per heavy atom. The monoisotopic (exact) mass is 502 g/mol. The molecule has 0 aliphatic carbocycles. The summed E-state index contributed by atoms with van der Waals surface area (Å²) in [5.41, 5.74) is -0.284. The van der Waals surface area contributed by atoms with Gasteiger partial charge in [-0.3, -0.25) is 10.1 Å². The van der Waals surface area contributed by atoms with Gasteiger partial charge in [-0.1, -0.05) is 115 Å². The van der Waals surface area contributed by atoms with Crippen LogP contribution in [0.2, 0.25) is 5.02 Å². The molecule has 0 saturated heterocycles. The van der Waals surface area contributed by atoms with Crippen LogP contribution in [0.4, 0.5) is 5.69 Å². The zero-order valence-electron chi connectivity index (χ0n) is 20.6. The van der Waals surface area contributed by atoms with Crippen LogP contribution in [0.25, 0.3) is 0 Å². The average Bonchev–Trinajstić information content (AvgIpc) is 2.78. The van der Waals surface area contributed by atoms with E-state index in [0.29, 0.717) is 6.54 Å². The molecule has 0 aromatic heterocycles. The fourth-order valence-electron chi connectivity index (χ4n) is 3.97. The third-order valence-corrected chi connectivity index (χ3v) is 8.48. The van der Waals surface area contributed by atoms with Gasteiger partial charge in [0.05, 0.1) is 9.95 Å². The summed E-state index contributed by atoms with van der Waals surface area (Å²) in [6.07, 6.45) is 20.2. The van der Waals surface area contributed by atoms with Crippen molar-refractivity contribution in [3.63, 3.8) is 0 Å². The van der Waals surface area contributed by atoms with Crippen LogP contribution in [0.15, 0.2) is 23.1 Å². The number of hydrogen-bond acceptors (Lipinski definition) is 4. The maximum atomic E-state index is 12.7. The highest BCUT2D eigenvalue weighted by Gasteiger charge is 2.25. The molecule has 6 nitrogen and oxygen atoms in total. The molecule has 0 radical (unpaired) electrons. The highest BCUT2D eigenvalue weighted by Crippen LogP contribution is 2.28. The summed E-state index contributed by atoms with van der Waals surface area (Å²) in [4.78, 5) is 10.1. The molecule has 190 valence electrons. The number of benzene rings is 1. The van der Waals surface area contributed by atoms with E-state index in [4.69, 9.17) is 11.6 Å². The van der Waals surface area contributed by atoms with E-state index < -0.39 is 14.9 Å². The zero-order chi connectivity index (χ0) is 24.5. The number of unbranched alkanes of at least 4 members (excludes halogenated alkanes) is 15. The first-order valence-electron chi connectivity index (χ1n) is 12.7. The van der Waals surface area contributed by atoms with E-state index in [9.17, 15) is 18.5 Å². The van der Waals surface area contributed by atoms with Gasteiger partial charge in [0, 0.05) is 25.7 Å². The first-order chi connectivity index (χ1) is 15.8. The van der Waals surface area contributed by atoms with Crippen LogP contribution < -0.4 is 0 Å². The predicted molar refractivity (Wildman–Crippen MR) is 137 cm³/mol. The van der Waals surface area contributed by atoms with Gasteiger partial charge in [0.1, 0.15) is 4.90 Å². The van der Waals surface area contributed by atoms with Crippen molar-refractivity contribution in [1.29, 1.82) is 0 Å². The van der Waals surface area contributed by atoms with Crippen LogP contribution in [0.5, 0.6) is 0 Å². The highest BCUT2D eigenvalue weighted by molar-refractivity contribution is 7.89. The molecule has 0 spiro atoms. The van der Waals surface area contributed by atoms with Crippen molar-refractivity contribution in [3.8, 4) is 0 Å². The Morgan fingerprint density at radius 3 is 1.67 bits per heavy atom. The number of halogens is 1. The summed E-state index contributed by atoms with van der Waals surface area (Å²) in [7, 11) is -2.35. The van der Waals surface area contributed by atoms with Crippen molar-refractivity contribution in [2.45, 2.75) is 115 Å². The largest absolute Gasteiger partial charge is 0.270 e. The first kappa shape index (κ1) is 29.9. The minimum atomic E-state index is -3.85. The molecule has 1 aromatic carbocycles. The zero-order valence-corrected chi connectivity index (χ0v) is 22.1. The summed E-state index contributed by atoms with van der Waals surface area (Å²) >= 11 is 6.00. The fourth-order valence-corrected chi connectivity index (χ4v) is 5.67. The molecule has 0 bridgehead atoms. The Labute approximate surface area is 206 Å². The lowest BCUT2D eigenvalue weighted by Gasteiger charge is -2.17. The Bertz CT molecular complexity index is 787. The van der Waals surface area contributed by atoms with Crippen LogP contribution in [0.1, 0.15) is 110 Å². The minimum Gasteiger partial charge on any atom is -0.258 e. The summed E-state index contributed by atoms with van der Waals surface area (Å²) in [5.74, 6) is 0. The predicted octanol–water partition coefficient (Wildman–Crippen LogP) is 8.13. The molecule has 1 aromatic rings. The third kappa shape index (κ3) is 12.2. The van der Waals surface area contributed by atoms with Crippen LogP contribution in [-0.4, -0.2) is 31.2 Å². The first-order valence-corrected chi connectivity index (χ1v) is 14.5. The van der Waals surface area contributed by atoms with Crippen molar-refractivity contribution >= 4 is 27.3 Å². The van der Waals surface area contributed by atoms with Crippen molar-refractivity contribution in [3.05, 3.63) is 33.3 Å². The summed E-state index contributed by atoms with van der Waals surface area (Å²) in [5, 5.41) is 11.0. The normalized spacial score (nSPS) is 11.9. The van der Waals surface area contributed by atoms with E-state index >= 15 is 0 Å². The molecule has 0 N–H and O–H groups in total. The lowest BCUT2D eigenvalue weighted by Crippen LogP contribution is -2.28. The molecule has 0 aliphatic rings. The second-order valence-corrected chi connectivity index (χ2v) is 11.4. The molecule has 0 unspecified atom stereocenters. The number of hydrogen-bond donors (Lipinski definition) is 0. The Balaban J connectivity index is 2.11. The van der Waals surface area contributed by atoms with E-state index in [0.717, 1.165) is 25.3 Å². The Kier molecular flexibility index (Phi) is 15.6. The van der Waals surface area contributed by atoms with Crippen molar-refractivity contribution in [2.24, 2.45) is 0 Å². The molecule has 0 fully saturated rings. The van der Waals surface area contributed by atoms with E-state index in [1.807, 2.05) is 0 Å². The maximum Gasteiger partial charge on any atom is 0.270 e. The Hall–Kier alpha value is -1.18. The number of nitro benzene ring substituents is 1. The summed E-state index contributed by atoms with van der Waals surface area (Å²) in [6, 6.07) is 3.49. The lowest BCUT2D eigenvalue weighted by atomic mass is 10.0. The second kappa shape index (κ2) is 17.3. The highest BCUT2D eigenvalue weighted by atomic mass is 35.5. The van der Waals surface area contributed by atoms with Gasteiger partial charge in [-0.25, -0.2) is 12.7 Å². The number of nitro groups is 1. The van der Waals surface area contributed by atoms with Crippen LogP contribution in [0, 0.1) is 10.1 Å². The van der Waals surface area contributed by atoms with E-state index in [-0.39, 0.29) is 15.6 Å². The minimum absolute atomic E-state index is 0.000534. The number of rotatable bonds is 20. The van der Waals surface area contributed by atoms with Crippen molar-refractivity contribution in [1.82, 2.24) is 4.31 Å². The summed E-state index contributed by atoms with van der Waals surface area (Å²) in [6.45, 7) is 2.63. The molecular weight excluding hydrogens is 460 g/mol. The van der Waals surface area contributed by atoms with Gasteiger partial charge in [-0.05, 0) is 12.5 Å². The molecular formula is C25H43ClN2O4S. The van der Waals surface area contributed by atoms with Gasteiger partial charge in [0.25, 0.3) is 5.69 Å². The van der Waals surface area contributed by atoms with Crippen LogP contribution in [0.3, 0.4) is 0 Å². The molecule has 1 rings (SSSR count). The van der Waals surface area contributed by atoms with Gasteiger partial charge < -0.3 is 0 Å². The maximum absolute atomic E-state index is 12.7. The quantitative estimate of drug-likeness (QED) is 0.102. The van der Waals surface area contributed by atoms with E-state index in [1.165, 1.54) is 107 Å². The number of nitrogens with zero attached hydrogens (tertiary/aromatic N) is 2. The van der Waals surface area contributed by atoms with Crippen molar-refractivity contribution in [2.75, 3.05) is 13.6 Å². The lowest BCUT2D eigenvalue weighted by molar-refractivity contribution is -0.385. The standard InChI is InChI=1S/C25H43ClN2O4S/c1-3-4-5-6-7-8-9-10-11-12-13-14-15-16-17-18-21-27(2)33(31,32)25-22-23(28(29)30)19-20-24(25)26/h19-20,22H,3-18,21H2,1-2H3. The molecule has 0 heterocycles. The molecule has 8 heteroatoms. The van der Waals surface area contributed by atoms with Gasteiger partial charge >= 0.3 is 0 Å². The van der Waals surface area contributed by atoms with Gasteiger partial charge in [-0.2, -0.15) is 0 Å². The molecule has 33 heavy (non-hydrogen) atoms. The molecule has 0 atom stereocenters. The third-order valence-electron chi connectivity index (χ3n) is 6.14. The van der Waals surface area contributed by atoms with E-state index in [2.05, 4.69) is 6.92 Å². The summed E-state index contributed by atoms with van der Waals surface area (Å²) < 4.78 is 26.7. The second-order valence-electron chi connectivity index (χ2n) is 9.00. The smallest absolute Gasteiger partial charge is 0.258 e. The van der Waals surface area contributed by atoms with Gasteiger partial charge in [0.15, 0.2) is 0 Å². The average molecular weight is 503 g/mol. The number of non-ortho nitro benzene ring substituents is 1. The molecule has 0 saturated carbocycles. The molecule has 0 amide bonds. The van der Waals surface area contributed by atoms with Crippen molar-refractivity contribution < 1.29 is 13.3 Å². The van der Waals surface area contributed by atoms with E-state index in [1.54, 1.807) is 0 Å². The van der Waals surface area contributed by atoms with Gasteiger partial charge in [0.2, 0.25) is 10.0 Å². The van der Waals surface area contributed by atoms with Gasteiger partial charge in [-0.15, -0.1) is 0 Å². The Morgan fingerprint density at radius 1 is 0.818 bits per heavy atom. The van der Waals surface area contributed by atoms with Crippen LogP contribution >= 0.6 is 11.6 Å². The number of sulfonamides is 1.